The zero-order valence-corrected chi connectivity index (χ0v) is 8.83. The Hall–Kier alpha value is -0.830. The Labute approximate surface area is 79.4 Å². The molecule has 0 spiro atoms. The predicted molar refractivity (Wildman–Crippen MR) is 52.8 cm³/mol. The lowest BCUT2D eigenvalue weighted by Gasteiger charge is -2.07. The summed E-state index contributed by atoms with van der Waals surface area (Å²) >= 11 is 0. The average molecular weight is 182 g/mol. The van der Waals surface area contributed by atoms with Crippen molar-refractivity contribution in [2.45, 2.75) is 33.1 Å². The van der Waals surface area contributed by atoms with Gasteiger partial charge in [0.1, 0.15) is 5.82 Å². The molecule has 74 valence electrons. The Bertz CT molecular complexity index is 289. The molecule has 0 aliphatic rings. The van der Waals surface area contributed by atoms with Crippen LogP contribution in [-0.2, 0) is 13.5 Å². The van der Waals surface area contributed by atoms with E-state index in [0.29, 0.717) is 12.3 Å². The average Bonchev–Trinajstić information content (AvgIpc) is 2.32. The Morgan fingerprint density at radius 1 is 1.46 bits per heavy atom. The Balaban J connectivity index is 3.07. The molecule has 3 heteroatoms. The van der Waals surface area contributed by atoms with Gasteiger partial charge in [-0.1, -0.05) is 13.8 Å². The van der Waals surface area contributed by atoms with Crippen LogP contribution in [0.15, 0.2) is 0 Å². The topological polar surface area (TPSA) is 38.0 Å². The van der Waals surface area contributed by atoms with Gasteiger partial charge in [0, 0.05) is 31.7 Å². The second-order valence-corrected chi connectivity index (χ2v) is 3.69. The minimum atomic E-state index is 0.192. The normalized spacial score (nSPS) is 11.2. The molecule has 1 N–H and O–H groups in total. The molecular weight excluding hydrogens is 164 g/mol. The van der Waals surface area contributed by atoms with E-state index >= 15 is 0 Å². The minimum absolute atomic E-state index is 0.192. The van der Waals surface area contributed by atoms with Crippen molar-refractivity contribution < 1.29 is 5.11 Å². The fourth-order valence-corrected chi connectivity index (χ4v) is 1.66. The molecule has 0 atom stereocenters. The SMILES string of the molecule is Cc1nc(C(C)C)n(C)c1CCO. The van der Waals surface area contributed by atoms with Crippen LogP contribution in [0.2, 0.25) is 0 Å². The van der Waals surface area contributed by atoms with Crippen molar-refractivity contribution >= 4 is 0 Å². The molecule has 0 saturated carbocycles. The van der Waals surface area contributed by atoms with E-state index in [1.165, 1.54) is 0 Å². The molecule has 0 aromatic carbocycles. The van der Waals surface area contributed by atoms with Crippen molar-refractivity contribution in [3.63, 3.8) is 0 Å². The van der Waals surface area contributed by atoms with Crippen molar-refractivity contribution in [1.82, 2.24) is 9.55 Å². The van der Waals surface area contributed by atoms with Crippen molar-refractivity contribution in [3.05, 3.63) is 17.2 Å². The lowest BCUT2D eigenvalue weighted by molar-refractivity contribution is 0.296. The van der Waals surface area contributed by atoms with Gasteiger partial charge in [-0.25, -0.2) is 4.98 Å². The highest BCUT2D eigenvalue weighted by Gasteiger charge is 2.12. The molecule has 1 rings (SSSR count). The number of aliphatic hydroxyl groups excluding tert-OH is 1. The van der Waals surface area contributed by atoms with Crippen molar-refractivity contribution in [2.75, 3.05) is 6.61 Å². The van der Waals surface area contributed by atoms with Crippen molar-refractivity contribution in [1.29, 1.82) is 0 Å². The summed E-state index contributed by atoms with van der Waals surface area (Å²) in [6, 6.07) is 0. The molecule has 1 heterocycles. The van der Waals surface area contributed by atoms with E-state index in [1.807, 2.05) is 14.0 Å². The van der Waals surface area contributed by atoms with Gasteiger partial charge in [0.15, 0.2) is 0 Å². The van der Waals surface area contributed by atoms with Crippen LogP contribution in [-0.4, -0.2) is 21.3 Å². The molecule has 13 heavy (non-hydrogen) atoms. The van der Waals surface area contributed by atoms with Crippen LogP contribution in [0.4, 0.5) is 0 Å². The number of nitrogens with zero attached hydrogens (tertiary/aromatic N) is 2. The maximum atomic E-state index is 8.88. The van der Waals surface area contributed by atoms with Crippen molar-refractivity contribution in [3.8, 4) is 0 Å². The highest BCUT2D eigenvalue weighted by atomic mass is 16.3. The van der Waals surface area contributed by atoms with E-state index in [9.17, 15) is 0 Å². The summed E-state index contributed by atoms with van der Waals surface area (Å²) in [5, 5.41) is 8.88. The second kappa shape index (κ2) is 3.92. The Morgan fingerprint density at radius 3 is 2.46 bits per heavy atom. The van der Waals surface area contributed by atoms with E-state index in [1.54, 1.807) is 0 Å². The third-order valence-corrected chi connectivity index (χ3v) is 2.31. The predicted octanol–water partition coefficient (Wildman–Crippen LogP) is 1.39. The lowest BCUT2D eigenvalue weighted by atomic mass is 10.2. The maximum absolute atomic E-state index is 8.88. The molecule has 0 saturated heterocycles. The van der Waals surface area contributed by atoms with Crippen LogP contribution in [0.3, 0.4) is 0 Å². The first-order chi connectivity index (χ1) is 6.07. The quantitative estimate of drug-likeness (QED) is 0.767. The molecule has 0 aliphatic heterocycles. The number of imidazole rings is 1. The number of aromatic nitrogens is 2. The number of hydrogen-bond donors (Lipinski definition) is 1. The van der Waals surface area contributed by atoms with Crippen LogP contribution < -0.4 is 0 Å². The lowest BCUT2D eigenvalue weighted by Crippen LogP contribution is -2.05. The van der Waals surface area contributed by atoms with E-state index in [0.717, 1.165) is 17.2 Å². The molecule has 1 aromatic rings. The first kappa shape index (κ1) is 10.3. The fraction of sp³-hybridized carbons (Fsp3) is 0.700. The van der Waals surface area contributed by atoms with Gasteiger partial charge in [0.05, 0.1) is 5.69 Å². The monoisotopic (exact) mass is 182 g/mol. The summed E-state index contributed by atoms with van der Waals surface area (Å²) in [6.45, 7) is 6.45. The maximum Gasteiger partial charge on any atom is 0.111 e. The number of aryl methyl sites for hydroxylation is 1. The summed E-state index contributed by atoms with van der Waals surface area (Å²) < 4.78 is 2.09. The third kappa shape index (κ3) is 1.91. The van der Waals surface area contributed by atoms with E-state index in [-0.39, 0.29) is 6.61 Å². The molecule has 0 amide bonds. The van der Waals surface area contributed by atoms with Crippen LogP contribution in [0, 0.1) is 6.92 Å². The zero-order valence-electron chi connectivity index (χ0n) is 8.83. The zero-order chi connectivity index (χ0) is 10.0. The molecular formula is C10H18N2O. The van der Waals surface area contributed by atoms with Crippen LogP contribution in [0.1, 0.15) is 37.0 Å². The molecule has 3 nitrogen and oxygen atoms in total. The summed E-state index contributed by atoms with van der Waals surface area (Å²) in [6.07, 6.45) is 0.696. The first-order valence-electron chi connectivity index (χ1n) is 4.70. The van der Waals surface area contributed by atoms with Gasteiger partial charge in [-0.3, -0.25) is 0 Å². The Kier molecular flexibility index (Phi) is 3.09. The van der Waals surface area contributed by atoms with Crippen molar-refractivity contribution in [2.24, 2.45) is 7.05 Å². The Morgan fingerprint density at radius 2 is 2.08 bits per heavy atom. The van der Waals surface area contributed by atoms with E-state index in [4.69, 9.17) is 5.11 Å². The van der Waals surface area contributed by atoms with E-state index in [2.05, 4.69) is 23.4 Å². The molecule has 0 fully saturated rings. The smallest absolute Gasteiger partial charge is 0.111 e. The minimum Gasteiger partial charge on any atom is -0.396 e. The molecule has 0 bridgehead atoms. The highest BCUT2D eigenvalue weighted by Crippen LogP contribution is 2.17. The van der Waals surface area contributed by atoms with Gasteiger partial charge in [-0.15, -0.1) is 0 Å². The van der Waals surface area contributed by atoms with Gasteiger partial charge in [-0.05, 0) is 6.92 Å². The molecule has 0 radical (unpaired) electrons. The van der Waals surface area contributed by atoms with Crippen LogP contribution in [0.25, 0.3) is 0 Å². The first-order valence-corrected chi connectivity index (χ1v) is 4.70. The number of hydrogen-bond acceptors (Lipinski definition) is 2. The fourth-order valence-electron chi connectivity index (χ4n) is 1.66. The standard InChI is InChI=1S/C10H18N2O/c1-7(2)10-11-8(3)9(5-6-13)12(10)4/h7,13H,5-6H2,1-4H3. The summed E-state index contributed by atoms with van der Waals surface area (Å²) in [5.74, 6) is 1.54. The molecule has 0 aliphatic carbocycles. The largest absolute Gasteiger partial charge is 0.396 e. The third-order valence-electron chi connectivity index (χ3n) is 2.31. The number of rotatable bonds is 3. The van der Waals surface area contributed by atoms with Crippen LogP contribution in [0.5, 0.6) is 0 Å². The highest BCUT2D eigenvalue weighted by molar-refractivity contribution is 5.17. The van der Waals surface area contributed by atoms with Gasteiger partial charge in [-0.2, -0.15) is 0 Å². The second-order valence-electron chi connectivity index (χ2n) is 3.69. The summed E-state index contributed by atoms with van der Waals surface area (Å²) in [4.78, 5) is 4.48. The summed E-state index contributed by atoms with van der Waals surface area (Å²) in [7, 11) is 2.01. The van der Waals surface area contributed by atoms with Gasteiger partial charge < -0.3 is 9.67 Å². The molecule has 1 aromatic heterocycles. The van der Waals surface area contributed by atoms with E-state index < -0.39 is 0 Å². The van der Waals surface area contributed by atoms with Gasteiger partial charge in [0.25, 0.3) is 0 Å². The van der Waals surface area contributed by atoms with Gasteiger partial charge >= 0.3 is 0 Å². The number of aliphatic hydroxyl groups is 1. The van der Waals surface area contributed by atoms with Crippen LogP contribution >= 0.6 is 0 Å². The van der Waals surface area contributed by atoms with Gasteiger partial charge in [0.2, 0.25) is 0 Å². The summed E-state index contributed by atoms with van der Waals surface area (Å²) in [5.41, 5.74) is 2.19. The molecule has 0 unspecified atom stereocenters.